The fourth-order valence-corrected chi connectivity index (χ4v) is 4.03. The Kier molecular flexibility index (Phi) is 4.92. The van der Waals surface area contributed by atoms with E-state index in [-0.39, 0.29) is 23.5 Å². The third kappa shape index (κ3) is 3.53. The summed E-state index contributed by atoms with van der Waals surface area (Å²) in [4.78, 5) is 28.3. The summed E-state index contributed by atoms with van der Waals surface area (Å²) in [6.45, 7) is 4.47. The van der Waals surface area contributed by atoms with Gasteiger partial charge < -0.3 is 15.0 Å². The average Bonchev–Trinajstić information content (AvgIpc) is 2.97. The van der Waals surface area contributed by atoms with Crippen molar-refractivity contribution in [1.29, 1.82) is 0 Å². The molecule has 0 aromatic heterocycles. The molecular weight excluding hydrogens is 294 g/mol. The maximum Gasteiger partial charge on any atom is 0.239 e. The molecule has 2 heterocycles. The van der Waals surface area contributed by atoms with E-state index >= 15 is 0 Å². The zero-order valence-electron chi connectivity index (χ0n) is 14.3. The summed E-state index contributed by atoms with van der Waals surface area (Å²) >= 11 is 0. The Bertz CT molecular complexity index is 456. The molecule has 2 amide bonds. The van der Waals surface area contributed by atoms with Gasteiger partial charge in [0.25, 0.3) is 0 Å². The first-order chi connectivity index (χ1) is 11.0. The van der Waals surface area contributed by atoms with E-state index in [1.165, 1.54) is 12.8 Å². The predicted molar refractivity (Wildman–Crippen MR) is 87.0 cm³/mol. The number of nitrogens with zero attached hydrogens (tertiary/aromatic N) is 2. The first kappa shape index (κ1) is 16.7. The van der Waals surface area contributed by atoms with Crippen LogP contribution in [-0.4, -0.2) is 72.6 Å². The molecule has 0 bridgehead atoms. The Balaban J connectivity index is 1.48. The quantitative estimate of drug-likeness (QED) is 0.830. The van der Waals surface area contributed by atoms with E-state index in [0.717, 1.165) is 19.3 Å². The molecule has 2 saturated heterocycles. The van der Waals surface area contributed by atoms with E-state index in [1.54, 1.807) is 0 Å². The van der Waals surface area contributed by atoms with E-state index in [0.29, 0.717) is 38.7 Å². The van der Waals surface area contributed by atoms with Crippen molar-refractivity contribution in [2.24, 2.45) is 0 Å². The molecule has 2 aliphatic heterocycles. The number of ether oxygens (including phenoxy) is 1. The van der Waals surface area contributed by atoms with E-state index in [2.05, 4.69) is 10.2 Å². The summed E-state index contributed by atoms with van der Waals surface area (Å²) in [6, 6.07) is 0.138. The topological polar surface area (TPSA) is 61.9 Å². The molecule has 0 radical (unpaired) electrons. The van der Waals surface area contributed by atoms with E-state index in [9.17, 15) is 9.59 Å². The highest BCUT2D eigenvalue weighted by atomic mass is 16.5. The van der Waals surface area contributed by atoms with Crippen LogP contribution < -0.4 is 5.32 Å². The molecule has 1 saturated carbocycles. The lowest BCUT2D eigenvalue weighted by Crippen LogP contribution is -2.73. The Morgan fingerprint density at radius 3 is 2.52 bits per heavy atom. The van der Waals surface area contributed by atoms with Crippen molar-refractivity contribution in [3.05, 3.63) is 0 Å². The van der Waals surface area contributed by atoms with Gasteiger partial charge in [0.15, 0.2) is 0 Å². The number of nitrogens with one attached hydrogen (secondary N) is 1. The lowest BCUT2D eigenvalue weighted by atomic mass is 9.90. The number of morpholine rings is 1. The Labute approximate surface area is 138 Å². The number of hydrogen-bond acceptors (Lipinski definition) is 4. The van der Waals surface area contributed by atoms with Crippen LogP contribution in [0.3, 0.4) is 0 Å². The highest BCUT2D eigenvalue weighted by Gasteiger charge is 2.51. The molecule has 1 atom stereocenters. The van der Waals surface area contributed by atoms with Crippen LogP contribution in [0.5, 0.6) is 0 Å². The van der Waals surface area contributed by atoms with Crippen LogP contribution in [0.25, 0.3) is 0 Å². The van der Waals surface area contributed by atoms with Crippen LogP contribution in [0.4, 0.5) is 0 Å². The zero-order valence-corrected chi connectivity index (χ0v) is 14.3. The van der Waals surface area contributed by atoms with Gasteiger partial charge in [-0.1, -0.05) is 19.8 Å². The number of amides is 2. The van der Waals surface area contributed by atoms with Gasteiger partial charge in [0.1, 0.15) is 11.6 Å². The van der Waals surface area contributed by atoms with Gasteiger partial charge in [-0.05, 0) is 26.3 Å². The molecular formula is C17H29N3O3. The van der Waals surface area contributed by atoms with Crippen molar-refractivity contribution in [1.82, 2.24) is 15.1 Å². The number of carbonyl (C=O) groups excluding carboxylic acids is 2. The summed E-state index contributed by atoms with van der Waals surface area (Å²) in [5.74, 6) is 0.304. The number of hydrogen-bond donors (Lipinski definition) is 1. The highest BCUT2D eigenvalue weighted by molar-refractivity contribution is 5.82. The SMILES string of the molecule is CCCC(=O)N1CC2(C1)CN(C)C(C(=O)NC1CCCC1)CO2. The van der Waals surface area contributed by atoms with Gasteiger partial charge >= 0.3 is 0 Å². The van der Waals surface area contributed by atoms with Crippen molar-refractivity contribution in [3.63, 3.8) is 0 Å². The third-order valence-electron chi connectivity index (χ3n) is 5.40. The second kappa shape index (κ2) is 6.77. The highest BCUT2D eigenvalue weighted by Crippen LogP contribution is 2.31. The van der Waals surface area contributed by atoms with E-state index < -0.39 is 0 Å². The van der Waals surface area contributed by atoms with Crippen LogP contribution in [0, 0.1) is 0 Å². The molecule has 3 aliphatic rings. The van der Waals surface area contributed by atoms with Gasteiger partial charge in [0.05, 0.1) is 19.7 Å². The second-order valence-electron chi connectivity index (χ2n) is 7.41. The normalized spacial score (nSPS) is 27.9. The maximum absolute atomic E-state index is 12.4. The molecule has 1 unspecified atom stereocenters. The molecule has 130 valence electrons. The number of likely N-dealkylation sites (N-methyl/N-ethyl adjacent to an activating group) is 1. The number of likely N-dealkylation sites (tertiary alicyclic amines) is 1. The minimum Gasteiger partial charge on any atom is -0.368 e. The molecule has 1 spiro atoms. The summed E-state index contributed by atoms with van der Waals surface area (Å²) in [5, 5.41) is 3.16. The second-order valence-corrected chi connectivity index (χ2v) is 7.41. The van der Waals surface area contributed by atoms with Crippen molar-refractivity contribution < 1.29 is 14.3 Å². The van der Waals surface area contributed by atoms with Gasteiger partial charge in [-0.15, -0.1) is 0 Å². The van der Waals surface area contributed by atoms with Crippen LogP contribution in [-0.2, 0) is 14.3 Å². The van der Waals surface area contributed by atoms with E-state index in [4.69, 9.17) is 4.74 Å². The fraction of sp³-hybridized carbons (Fsp3) is 0.882. The minimum absolute atomic E-state index is 0.0903. The first-order valence-electron chi connectivity index (χ1n) is 8.95. The third-order valence-corrected chi connectivity index (χ3v) is 5.40. The standard InChI is InChI=1S/C17H29N3O3/c1-3-6-15(21)20-11-17(12-20)10-19(2)14(9-23-17)16(22)18-13-7-4-5-8-13/h13-14H,3-12H2,1-2H3,(H,18,22). The molecule has 1 N–H and O–H groups in total. The van der Waals surface area contributed by atoms with Gasteiger partial charge in [0, 0.05) is 19.0 Å². The predicted octanol–water partition coefficient (Wildman–Crippen LogP) is 0.757. The van der Waals surface area contributed by atoms with Crippen molar-refractivity contribution in [2.45, 2.75) is 63.1 Å². The monoisotopic (exact) mass is 323 g/mol. The summed E-state index contributed by atoms with van der Waals surface area (Å²) in [7, 11) is 1.99. The van der Waals surface area contributed by atoms with Gasteiger partial charge in [-0.25, -0.2) is 0 Å². The molecule has 1 aliphatic carbocycles. The molecule has 6 nitrogen and oxygen atoms in total. The van der Waals surface area contributed by atoms with Crippen LogP contribution >= 0.6 is 0 Å². The molecule has 0 aromatic carbocycles. The smallest absolute Gasteiger partial charge is 0.239 e. The Morgan fingerprint density at radius 2 is 1.91 bits per heavy atom. The summed E-state index contributed by atoms with van der Waals surface area (Å²) in [5.41, 5.74) is -0.262. The molecule has 3 rings (SSSR count). The van der Waals surface area contributed by atoms with Gasteiger partial charge in [-0.2, -0.15) is 0 Å². The lowest BCUT2D eigenvalue weighted by Gasteiger charge is -2.54. The first-order valence-corrected chi connectivity index (χ1v) is 8.95. The van der Waals surface area contributed by atoms with Crippen LogP contribution in [0.15, 0.2) is 0 Å². The molecule has 0 aromatic rings. The van der Waals surface area contributed by atoms with Crippen LogP contribution in [0.1, 0.15) is 45.4 Å². The average molecular weight is 323 g/mol. The number of rotatable bonds is 4. The van der Waals surface area contributed by atoms with Gasteiger partial charge in [-0.3, -0.25) is 14.5 Å². The fourth-order valence-electron chi connectivity index (χ4n) is 4.03. The molecule has 23 heavy (non-hydrogen) atoms. The Hall–Kier alpha value is -1.14. The van der Waals surface area contributed by atoms with Crippen molar-refractivity contribution in [2.75, 3.05) is 33.3 Å². The van der Waals surface area contributed by atoms with Crippen LogP contribution in [0.2, 0.25) is 0 Å². The maximum atomic E-state index is 12.4. The Morgan fingerprint density at radius 1 is 1.22 bits per heavy atom. The molecule has 3 fully saturated rings. The largest absolute Gasteiger partial charge is 0.368 e. The molecule has 6 heteroatoms. The summed E-state index contributed by atoms with van der Waals surface area (Å²) < 4.78 is 6.03. The van der Waals surface area contributed by atoms with Gasteiger partial charge in [0.2, 0.25) is 11.8 Å². The van der Waals surface area contributed by atoms with E-state index in [1.807, 2.05) is 18.9 Å². The summed E-state index contributed by atoms with van der Waals surface area (Å²) in [6.07, 6.45) is 6.12. The zero-order chi connectivity index (χ0) is 16.4. The van der Waals surface area contributed by atoms with Crippen molar-refractivity contribution in [3.8, 4) is 0 Å². The van der Waals surface area contributed by atoms with Crippen molar-refractivity contribution >= 4 is 11.8 Å². The number of carbonyl (C=O) groups is 2. The minimum atomic E-state index is -0.262. The lowest BCUT2D eigenvalue weighted by molar-refractivity contribution is -0.201.